The van der Waals surface area contributed by atoms with Crippen LogP contribution in [0.15, 0.2) is 0 Å². The van der Waals surface area contributed by atoms with Crippen LogP contribution in [0.2, 0.25) is 0 Å². The largest absolute Gasteiger partial charge is 0.381 e. The minimum absolute atomic E-state index is 0.396. The number of primary amides is 1. The molecule has 1 heterocycles. The van der Waals surface area contributed by atoms with E-state index >= 15 is 0 Å². The number of nitrogens with two attached hydrogens (primary N) is 2. The fourth-order valence-corrected chi connectivity index (χ4v) is 1.59. The highest BCUT2D eigenvalue weighted by Crippen LogP contribution is 2.20. The van der Waals surface area contributed by atoms with Gasteiger partial charge in [-0.25, -0.2) is 0 Å². The van der Waals surface area contributed by atoms with Gasteiger partial charge in [-0.15, -0.1) is 0 Å². The molecule has 1 atom stereocenters. The molecule has 1 amide bonds. The molecular formula is C9H18N2O2. The Labute approximate surface area is 78.6 Å². The van der Waals surface area contributed by atoms with Crippen LogP contribution in [0.5, 0.6) is 0 Å². The Morgan fingerprint density at radius 3 is 2.62 bits per heavy atom. The van der Waals surface area contributed by atoms with Crippen LogP contribution in [-0.2, 0) is 9.53 Å². The molecule has 0 aliphatic carbocycles. The van der Waals surface area contributed by atoms with Crippen LogP contribution in [-0.4, -0.2) is 25.2 Å². The first-order valence-corrected chi connectivity index (χ1v) is 4.83. The van der Waals surface area contributed by atoms with Gasteiger partial charge in [-0.05, 0) is 31.6 Å². The monoisotopic (exact) mass is 186 g/mol. The molecule has 13 heavy (non-hydrogen) atoms. The first kappa shape index (κ1) is 10.5. The number of carbonyl (C=O) groups excluding carboxylic acids is 1. The number of ether oxygens (including phenoxy) is 1. The lowest BCUT2D eigenvalue weighted by Crippen LogP contribution is -2.36. The molecule has 1 aliphatic rings. The molecule has 76 valence electrons. The zero-order valence-electron chi connectivity index (χ0n) is 7.87. The van der Waals surface area contributed by atoms with Crippen LogP contribution in [0, 0.1) is 5.92 Å². The Hall–Kier alpha value is -0.610. The molecule has 0 radical (unpaired) electrons. The van der Waals surface area contributed by atoms with Crippen LogP contribution in [0.4, 0.5) is 0 Å². The van der Waals surface area contributed by atoms with Crippen LogP contribution in [0.1, 0.15) is 25.7 Å². The minimum atomic E-state index is -0.470. The summed E-state index contributed by atoms with van der Waals surface area (Å²) in [4.78, 5) is 10.6. The summed E-state index contributed by atoms with van der Waals surface area (Å²) >= 11 is 0. The van der Waals surface area contributed by atoms with Crippen molar-refractivity contribution >= 4 is 5.91 Å². The summed E-state index contributed by atoms with van der Waals surface area (Å²) in [6, 6.07) is -0.470. The highest BCUT2D eigenvalue weighted by atomic mass is 16.5. The van der Waals surface area contributed by atoms with E-state index in [1.165, 1.54) is 0 Å². The molecule has 0 aromatic heterocycles. The van der Waals surface area contributed by atoms with Crippen molar-refractivity contribution in [2.45, 2.75) is 31.7 Å². The summed E-state index contributed by atoms with van der Waals surface area (Å²) in [6.45, 7) is 1.69. The topological polar surface area (TPSA) is 78.3 Å². The second-order valence-corrected chi connectivity index (χ2v) is 3.64. The summed E-state index contributed by atoms with van der Waals surface area (Å²) in [6.07, 6.45) is 3.88. The minimum Gasteiger partial charge on any atom is -0.381 e. The van der Waals surface area contributed by atoms with Gasteiger partial charge in [-0.3, -0.25) is 4.79 Å². The van der Waals surface area contributed by atoms with Gasteiger partial charge in [0.05, 0.1) is 6.04 Å². The smallest absolute Gasteiger partial charge is 0.234 e. The maximum Gasteiger partial charge on any atom is 0.234 e. The Morgan fingerprint density at radius 1 is 1.46 bits per heavy atom. The van der Waals surface area contributed by atoms with E-state index < -0.39 is 11.9 Å². The number of hydrogen-bond donors (Lipinski definition) is 2. The van der Waals surface area contributed by atoms with Crippen LogP contribution >= 0.6 is 0 Å². The van der Waals surface area contributed by atoms with E-state index in [1.807, 2.05) is 0 Å². The lowest BCUT2D eigenvalue weighted by molar-refractivity contribution is -0.119. The highest BCUT2D eigenvalue weighted by molar-refractivity contribution is 5.79. The molecule has 1 unspecified atom stereocenters. The third-order valence-electron chi connectivity index (χ3n) is 2.59. The van der Waals surface area contributed by atoms with Gasteiger partial charge < -0.3 is 16.2 Å². The number of hydrogen-bond acceptors (Lipinski definition) is 3. The fourth-order valence-electron chi connectivity index (χ4n) is 1.59. The average Bonchev–Trinajstić information content (AvgIpc) is 2.15. The van der Waals surface area contributed by atoms with E-state index in [0.29, 0.717) is 12.3 Å². The van der Waals surface area contributed by atoms with Gasteiger partial charge in [0, 0.05) is 13.2 Å². The molecule has 4 heteroatoms. The molecular weight excluding hydrogens is 168 g/mol. The van der Waals surface area contributed by atoms with Gasteiger partial charge in [-0.2, -0.15) is 0 Å². The zero-order valence-corrected chi connectivity index (χ0v) is 7.87. The fraction of sp³-hybridized carbons (Fsp3) is 0.889. The third kappa shape index (κ3) is 3.74. The quantitative estimate of drug-likeness (QED) is 0.649. The summed E-state index contributed by atoms with van der Waals surface area (Å²) < 4.78 is 5.23. The molecule has 1 fully saturated rings. The van der Waals surface area contributed by atoms with Crippen molar-refractivity contribution in [2.75, 3.05) is 13.2 Å². The van der Waals surface area contributed by atoms with Crippen molar-refractivity contribution in [3.05, 3.63) is 0 Å². The average molecular weight is 186 g/mol. The van der Waals surface area contributed by atoms with E-state index in [-0.39, 0.29) is 0 Å². The lowest BCUT2D eigenvalue weighted by Gasteiger charge is -2.22. The summed E-state index contributed by atoms with van der Waals surface area (Å²) in [5, 5.41) is 0. The molecule has 4 nitrogen and oxygen atoms in total. The molecule has 1 rings (SSSR count). The first-order chi connectivity index (χ1) is 6.20. The Balaban J connectivity index is 2.13. The summed E-state index contributed by atoms with van der Waals surface area (Å²) in [7, 11) is 0. The second-order valence-electron chi connectivity index (χ2n) is 3.64. The third-order valence-corrected chi connectivity index (χ3v) is 2.59. The van der Waals surface area contributed by atoms with Crippen molar-refractivity contribution in [3.8, 4) is 0 Å². The van der Waals surface area contributed by atoms with Crippen LogP contribution < -0.4 is 11.5 Å². The van der Waals surface area contributed by atoms with E-state index in [4.69, 9.17) is 16.2 Å². The van der Waals surface area contributed by atoms with E-state index in [9.17, 15) is 4.79 Å². The molecule has 0 aromatic carbocycles. The number of amides is 1. The molecule has 1 aliphatic heterocycles. The van der Waals surface area contributed by atoms with Gasteiger partial charge in [0.15, 0.2) is 0 Å². The van der Waals surface area contributed by atoms with Gasteiger partial charge in [0.1, 0.15) is 0 Å². The van der Waals surface area contributed by atoms with Crippen LogP contribution in [0.25, 0.3) is 0 Å². The SMILES string of the molecule is NC(=O)C(N)CCC1CCOCC1. The maximum absolute atomic E-state index is 10.6. The number of carbonyl (C=O) groups is 1. The van der Waals surface area contributed by atoms with Crippen molar-refractivity contribution in [1.82, 2.24) is 0 Å². The van der Waals surface area contributed by atoms with E-state index in [0.717, 1.165) is 32.5 Å². The van der Waals surface area contributed by atoms with Crippen molar-refractivity contribution < 1.29 is 9.53 Å². The normalized spacial score (nSPS) is 21.3. The predicted octanol–water partition coefficient (Wildman–Crippen LogP) is 0.00580. The summed E-state index contributed by atoms with van der Waals surface area (Å²) in [5.74, 6) is 0.270. The van der Waals surface area contributed by atoms with Gasteiger partial charge in [0.25, 0.3) is 0 Å². The predicted molar refractivity (Wildman–Crippen MR) is 49.9 cm³/mol. The van der Waals surface area contributed by atoms with Crippen molar-refractivity contribution in [3.63, 3.8) is 0 Å². The standard InChI is InChI=1S/C9H18N2O2/c10-8(9(11)12)2-1-7-3-5-13-6-4-7/h7-8H,1-6,10H2,(H2,11,12). The van der Waals surface area contributed by atoms with Gasteiger partial charge in [-0.1, -0.05) is 0 Å². The van der Waals surface area contributed by atoms with E-state index in [1.54, 1.807) is 0 Å². The Morgan fingerprint density at radius 2 is 2.08 bits per heavy atom. The first-order valence-electron chi connectivity index (χ1n) is 4.83. The second kappa shape index (κ2) is 5.19. The molecule has 0 bridgehead atoms. The van der Waals surface area contributed by atoms with Crippen molar-refractivity contribution in [1.29, 1.82) is 0 Å². The maximum atomic E-state index is 10.6. The summed E-state index contributed by atoms with van der Waals surface area (Å²) in [5.41, 5.74) is 10.6. The lowest BCUT2D eigenvalue weighted by atomic mass is 9.93. The zero-order chi connectivity index (χ0) is 9.68. The molecule has 0 saturated carbocycles. The van der Waals surface area contributed by atoms with Crippen LogP contribution in [0.3, 0.4) is 0 Å². The van der Waals surface area contributed by atoms with Crippen molar-refractivity contribution in [2.24, 2.45) is 17.4 Å². The molecule has 0 spiro atoms. The molecule has 4 N–H and O–H groups in total. The van der Waals surface area contributed by atoms with Gasteiger partial charge >= 0.3 is 0 Å². The molecule has 1 saturated heterocycles. The molecule has 0 aromatic rings. The number of rotatable bonds is 4. The Kier molecular flexibility index (Phi) is 4.18. The Bertz CT molecular complexity index is 167. The van der Waals surface area contributed by atoms with E-state index in [2.05, 4.69) is 0 Å². The highest BCUT2D eigenvalue weighted by Gasteiger charge is 2.16. The van der Waals surface area contributed by atoms with Gasteiger partial charge in [0.2, 0.25) is 5.91 Å².